The SMILES string of the molecule is FC(F)(F)c1cc([B-](c2cc(C(F)(F)F)cc(C(F)(F)F)c2)(c2cc(C(F)(F)F)cc(C(F)(F)F)c2)c2cc(C(F)(F)F)cc(C(F)(F)F)c2)cc(C(F)(F)F)c1.Fc1cc2ccccc2[n+](Cc2ccccc2)c1F. The zero-order valence-electron chi connectivity index (χ0n) is 36.8. The molecule has 1 nitrogen and oxygen atoms in total. The van der Waals surface area contributed by atoms with Gasteiger partial charge in [0, 0.05) is 17.0 Å². The van der Waals surface area contributed by atoms with Crippen molar-refractivity contribution in [3.8, 4) is 0 Å². The van der Waals surface area contributed by atoms with Gasteiger partial charge in [-0.2, -0.15) is 136 Å². The molecule has 0 aliphatic rings. The summed E-state index contributed by atoms with van der Waals surface area (Å²) in [5.74, 6) is -1.66. The van der Waals surface area contributed by atoms with Crippen LogP contribution in [0, 0.1) is 11.8 Å². The lowest BCUT2D eigenvalue weighted by Crippen LogP contribution is -2.75. The van der Waals surface area contributed by atoms with Crippen molar-refractivity contribution in [2.24, 2.45) is 0 Å². The van der Waals surface area contributed by atoms with Crippen LogP contribution in [0.3, 0.4) is 0 Å². The Hall–Kier alpha value is -7.03. The van der Waals surface area contributed by atoms with Gasteiger partial charge in [-0.1, -0.05) is 91.0 Å². The number of aromatic nitrogens is 1. The molecule has 0 atom stereocenters. The first-order valence-corrected chi connectivity index (χ1v) is 20.7. The molecule has 0 N–H and O–H groups in total. The van der Waals surface area contributed by atoms with E-state index in [2.05, 4.69) is 0 Å². The Morgan fingerprint density at radius 1 is 0.303 bits per heavy atom. The molecule has 406 valence electrons. The average Bonchev–Trinajstić information content (AvgIpc) is 3.29. The minimum absolute atomic E-state index is 0.310. The first kappa shape index (κ1) is 58.2. The number of alkyl halides is 24. The van der Waals surface area contributed by atoms with Crippen LogP contribution in [0.2, 0.25) is 0 Å². The number of benzene rings is 6. The molecule has 6 aromatic carbocycles. The molecule has 0 unspecified atom stereocenters. The molecule has 0 radical (unpaired) electrons. The largest absolute Gasteiger partial charge is 0.416 e. The third-order valence-electron chi connectivity index (χ3n) is 11.6. The molecule has 1 heterocycles. The minimum Gasteiger partial charge on any atom is -0.197 e. The molecule has 0 bridgehead atoms. The van der Waals surface area contributed by atoms with Gasteiger partial charge in [-0.15, -0.1) is 4.39 Å². The number of hydrogen-bond acceptors (Lipinski definition) is 0. The lowest BCUT2D eigenvalue weighted by atomic mass is 9.12. The number of pyridine rings is 1. The predicted molar refractivity (Wildman–Crippen MR) is 220 cm³/mol. The number of halogens is 26. The Kier molecular flexibility index (Phi) is 15.2. The fraction of sp³-hybridized carbons (Fsp3) is 0.188. The summed E-state index contributed by atoms with van der Waals surface area (Å²) in [6.07, 6.45) is -54.8. The maximum absolute atomic E-state index is 14.2. The molecule has 0 amide bonds. The quantitative estimate of drug-likeness (QED) is 0.0676. The highest BCUT2D eigenvalue weighted by atomic mass is 19.4. The van der Waals surface area contributed by atoms with Gasteiger partial charge in [0.25, 0.3) is 0 Å². The maximum Gasteiger partial charge on any atom is 0.416 e. The summed E-state index contributed by atoms with van der Waals surface area (Å²) in [4.78, 5) is 0. The van der Waals surface area contributed by atoms with Gasteiger partial charge in [0.15, 0.2) is 6.54 Å². The minimum atomic E-state index is -6.13. The third-order valence-corrected chi connectivity index (χ3v) is 11.6. The van der Waals surface area contributed by atoms with Crippen LogP contribution in [-0.2, 0) is 56.0 Å². The molecule has 0 aliphatic heterocycles. The summed E-state index contributed by atoms with van der Waals surface area (Å²) in [6.45, 7) is 0.310. The highest BCUT2D eigenvalue weighted by Gasteiger charge is 2.47. The van der Waals surface area contributed by atoms with E-state index >= 15 is 0 Å². The van der Waals surface area contributed by atoms with Crippen LogP contribution in [-0.4, -0.2) is 6.15 Å². The van der Waals surface area contributed by atoms with Gasteiger partial charge in [0.2, 0.25) is 11.3 Å². The molecule has 0 spiro atoms. The topological polar surface area (TPSA) is 3.88 Å². The van der Waals surface area contributed by atoms with Crippen molar-refractivity contribution in [3.63, 3.8) is 0 Å². The fourth-order valence-corrected chi connectivity index (χ4v) is 8.28. The number of para-hydroxylation sites is 1. The van der Waals surface area contributed by atoms with Crippen molar-refractivity contribution >= 4 is 38.9 Å². The van der Waals surface area contributed by atoms with Crippen molar-refractivity contribution in [3.05, 3.63) is 195 Å². The molecule has 7 aromatic rings. The second-order valence-electron chi connectivity index (χ2n) is 16.6. The third kappa shape index (κ3) is 12.6. The summed E-state index contributed by atoms with van der Waals surface area (Å²) in [6, 6.07) is 9.08. The molecule has 28 heteroatoms. The number of hydrogen-bond donors (Lipinski definition) is 0. The molecule has 76 heavy (non-hydrogen) atoms. The zero-order valence-corrected chi connectivity index (χ0v) is 36.8. The summed E-state index contributed by atoms with van der Waals surface area (Å²) in [5, 5.41) is 0.692. The second-order valence-corrected chi connectivity index (χ2v) is 16.6. The van der Waals surface area contributed by atoms with Crippen LogP contribution in [0.25, 0.3) is 10.9 Å². The normalized spacial score (nSPS) is 13.4. The maximum atomic E-state index is 14.2. The van der Waals surface area contributed by atoms with E-state index in [1.54, 1.807) is 12.1 Å². The van der Waals surface area contributed by atoms with Crippen molar-refractivity contribution in [1.82, 2.24) is 0 Å². The van der Waals surface area contributed by atoms with E-state index in [1.807, 2.05) is 42.5 Å². The average molecular weight is 1120 g/mol. The van der Waals surface area contributed by atoms with Gasteiger partial charge in [-0.3, -0.25) is 0 Å². The van der Waals surface area contributed by atoms with Crippen LogP contribution in [0.4, 0.5) is 114 Å². The van der Waals surface area contributed by atoms with E-state index < -0.39 is 206 Å². The van der Waals surface area contributed by atoms with Crippen LogP contribution in [0.5, 0.6) is 0 Å². The number of nitrogens with zero attached hydrogens (tertiary/aromatic N) is 1. The van der Waals surface area contributed by atoms with Gasteiger partial charge >= 0.3 is 55.4 Å². The zero-order chi connectivity index (χ0) is 57.2. The lowest BCUT2D eigenvalue weighted by Gasteiger charge is -2.46. The van der Waals surface area contributed by atoms with E-state index in [0.29, 0.717) is 17.4 Å². The van der Waals surface area contributed by atoms with Crippen molar-refractivity contribution in [2.45, 2.75) is 56.0 Å². The Labute approximate surface area is 408 Å². The highest BCUT2D eigenvalue weighted by molar-refractivity contribution is 7.20. The standard InChI is InChI=1S/C32H12BF24.C16H12F2N/c34-25(35,36)13-1-14(26(37,38)39)6-21(5-13)33(22-7-15(27(40,41)42)2-16(8-22)28(43,44)45,23-9-17(29(46,47)48)3-18(10-23)30(49,50)51)24-11-19(31(52,53)54)4-20(12-24)32(55,56)57;17-14-10-13-8-4-5-9-15(13)19(16(14)18)11-12-6-2-1-3-7-12/h1-12H;1-10H,11H2/q-1;+1. The molecule has 0 fully saturated rings. The van der Waals surface area contributed by atoms with E-state index in [0.717, 1.165) is 5.56 Å². The van der Waals surface area contributed by atoms with Crippen LogP contribution >= 0.6 is 0 Å². The van der Waals surface area contributed by atoms with Gasteiger partial charge in [-0.25, -0.2) is 0 Å². The molecule has 7 rings (SSSR count). The van der Waals surface area contributed by atoms with Crippen LogP contribution in [0.1, 0.15) is 50.1 Å². The van der Waals surface area contributed by atoms with E-state index in [9.17, 15) is 114 Å². The molecular formula is C48H24BF26N. The summed E-state index contributed by atoms with van der Waals surface area (Å²) < 4.78 is 370. The van der Waals surface area contributed by atoms with Gasteiger partial charge < -0.3 is 0 Å². The Balaban J connectivity index is 0.000000408. The smallest absolute Gasteiger partial charge is 0.197 e. The van der Waals surface area contributed by atoms with E-state index in [4.69, 9.17) is 0 Å². The Bertz CT molecular complexity index is 2810. The van der Waals surface area contributed by atoms with Crippen molar-refractivity contribution in [1.29, 1.82) is 0 Å². The first-order valence-electron chi connectivity index (χ1n) is 20.7. The molecule has 0 saturated heterocycles. The lowest BCUT2D eigenvalue weighted by molar-refractivity contribution is -0.693. The van der Waals surface area contributed by atoms with Gasteiger partial charge in [-0.05, 0) is 36.4 Å². The Morgan fingerprint density at radius 3 is 0.816 bits per heavy atom. The second kappa shape index (κ2) is 19.8. The summed E-state index contributed by atoms with van der Waals surface area (Å²) in [7, 11) is 0. The van der Waals surface area contributed by atoms with Gasteiger partial charge in [0.05, 0.1) is 44.5 Å². The van der Waals surface area contributed by atoms with E-state index in [1.165, 1.54) is 10.6 Å². The summed E-state index contributed by atoms with van der Waals surface area (Å²) >= 11 is 0. The molecule has 0 saturated carbocycles. The summed E-state index contributed by atoms with van der Waals surface area (Å²) in [5.41, 5.74) is -28.6. The number of fused-ring (bicyclic) bond motifs is 1. The van der Waals surface area contributed by atoms with Crippen LogP contribution < -0.4 is 26.4 Å². The van der Waals surface area contributed by atoms with E-state index in [-0.39, 0.29) is 0 Å². The monoisotopic (exact) mass is 1120 g/mol. The number of rotatable bonds is 6. The Morgan fingerprint density at radius 2 is 0.553 bits per heavy atom. The highest BCUT2D eigenvalue weighted by Crippen LogP contribution is 2.41. The first-order chi connectivity index (χ1) is 34.5. The van der Waals surface area contributed by atoms with Crippen molar-refractivity contribution in [2.75, 3.05) is 0 Å². The van der Waals surface area contributed by atoms with Crippen LogP contribution in [0.15, 0.2) is 133 Å². The predicted octanol–water partition coefficient (Wildman–Crippen LogP) is 14.7. The molecular weight excluding hydrogens is 1100 g/mol. The molecule has 0 aliphatic carbocycles. The molecule has 1 aromatic heterocycles. The fourth-order valence-electron chi connectivity index (χ4n) is 8.28. The van der Waals surface area contributed by atoms with Crippen molar-refractivity contribution < 1.29 is 119 Å². The van der Waals surface area contributed by atoms with Gasteiger partial charge in [0.1, 0.15) is 6.15 Å².